The van der Waals surface area contributed by atoms with Crippen LogP contribution in [0, 0.1) is 20.8 Å². The minimum Gasteiger partial charge on any atom is -0.478 e. The Morgan fingerprint density at radius 1 is 1.25 bits per heavy atom. The van der Waals surface area contributed by atoms with Crippen LogP contribution in [-0.2, 0) is 0 Å². The Morgan fingerprint density at radius 3 is 2.55 bits per heavy atom. The molecule has 2 N–H and O–H groups in total. The van der Waals surface area contributed by atoms with Crippen LogP contribution in [0.3, 0.4) is 0 Å². The van der Waals surface area contributed by atoms with Gasteiger partial charge in [0.25, 0.3) is 0 Å². The van der Waals surface area contributed by atoms with Gasteiger partial charge in [0.05, 0.1) is 10.7 Å². The summed E-state index contributed by atoms with van der Waals surface area (Å²) >= 11 is 6.15. The molecule has 0 amide bonds. The van der Waals surface area contributed by atoms with E-state index in [2.05, 4.69) is 10.3 Å². The van der Waals surface area contributed by atoms with Crippen LogP contribution in [0.4, 0.5) is 11.5 Å². The van der Waals surface area contributed by atoms with E-state index < -0.39 is 5.97 Å². The third-order valence-electron chi connectivity index (χ3n) is 3.02. The quantitative estimate of drug-likeness (QED) is 0.893. The molecule has 0 spiro atoms. The number of pyridine rings is 1. The number of hydrogen-bond acceptors (Lipinski definition) is 3. The number of rotatable bonds is 3. The number of aromatic carboxylic acids is 1. The van der Waals surface area contributed by atoms with Gasteiger partial charge in [-0.1, -0.05) is 23.7 Å². The van der Waals surface area contributed by atoms with Gasteiger partial charge in [-0.15, -0.1) is 0 Å². The van der Waals surface area contributed by atoms with Crippen LogP contribution < -0.4 is 5.32 Å². The predicted octanol–water partition coefficient (Wildman–Crippen LogP) is 4.10. The number of hydrogen-bond donors (Lipinski definition) is 2. The van der Waals surface area contributed by atoms with Crippen LogP contribution >= 0.6 is 11.6 Å². The second kappa shape index (κ2) is 5.51. The van der Waals surface area contributed by atoms with E-state index in [1.165, 1.54) is 0 Å². The third kappa shape index (κ3) is 2.75. The number of para-hydroxylation sites is 1. The van der Waals surface area contributed by atoms with E-state index in [-0.39, 0.29) is 5.56 Å². The minimum absolute atomic E-state index is 0.162. The Hall–Kier alpha value is -2.07. The van der Waals surface area contributed by atoms with E-state index in [0.717, 1.165) is 11.3 Å². The molecule has 0 saturated heterocycles. The molecule has 1 heterocycles. The Morgan fingerprint density at radius 2 is 1.95 bits per heavy atom. The molecule has 0 bridgehead atoms. The topological polar surface area (TPSA) is 62.2 Å². The molecule has 0 aliphatic carbocycles. The van der Waals surface area contributed by atoms with Crippen molar-refractivity contribution in [2.24, 2.45) is 0 Å². The number of halogens is 1. The fourth-order valence-electron chi connectivity index (χ4n) is 2.11. The maximum atomic E-state index is 11.4. The molecule has 4 nitrogen and oxygen atoms in total. The Labute approximate surface area is 122 Å². The van der Waals surface area contributed by atoms with Crippen molar-refractivity contribution < 1.29 is 9.90 Å². The van der Waals surface area contributed by atoms with Crippen molar-refractivity contribution in [1.29, 1.82) is 0 Å². The fourth-order valence-corrected chi connectivity index (χ4v) is 2.37. The van der Waals surface area contributed by atoms with Crippen LogP contribution in [0.1, 0.15) is 27.2 Å². The molecule has 2 aromatic rings. The van der Waals surface area contributed by atoms with Crippen LogP contribution in [0.25, 0.3) is 0 Å². The molecule has 0 aliphatic rings. The summed E-state index contributed by atoms with van der Waals surface area (Å²) in [6.07, 6.45) is 0. The molecule has 0 saturated carbocycles. The number of carboxylic acid groups (broad SMARTS) is 1. The molecule has 1 aromatic heterocycles. The number of anilines is 2. The van der Waals surface area contributed by atoms with Gasteiger partial charge in [-0.3, -0.25) is 0 Å². The van der Waals surface area contributed by atoms with Gasteiger partial charge < -0.3 is 10.4 Å². The number of nitrogens with zero attached hydrogens (tertiary/aromatic N) is 1. The first-order valence-electron chi connectivity index (χ1n) is 6.14. The van der Waals surface area contributed by atoms with Gasteiger partial charge in [0.15, 0.2) is 0 Å². The van der Waals surface area contributed by atoms with Gasteiger partial charge in [0.2, 0.25) is 0 Å². The number of nitrogens with one attached hydrogen (secondary N) is 1. The summed E-state index contributed by atoms with van der Waals surface area (Å²) in [5.41, 5.74) is 3.18. The first-order chi connectivity index (χ1) is 9.40. The van der Waals surface area contributed by atoms with Crippen molar-refractivity contribution in [2.45, 2.75) is 20.8 Å². The van der Waals surface area contributed by atoms with Crippen LogP contribution in [0.2, 0.25) is 5.02 Å². The van der Waals surface area contributed by atoms with Crippen molar-refractivity contribution in [3.63, 3.8) is 0 Å². The lowest BCUT2D eigenvalue weighted by Gasteiger charge is -2.14. The first-order valence-corrected chi connectivity index (χ1v) is 6.51. The molecule has 0 fully saturated rings. The smallest absolute Gasteiger partial charge is 0.339 e. The number of carbonyl (C=O) groups is 1. The SMILES string of the molecule is Cc1cc(C)c(C(=O)O)c(Nc2c(C)cccc2Cl)n1. The van der Waals surface area contributed by atoms with E-state index in [0.29, 0.717) is 22.1 Å². The molecule has 104 valence electrons. The largest absolute Gasteiger partial charge is 0.478 e. The standard InChI is InChI=1S/C15H15ClN2O2/c1-8-5-4-6-11(16)13(8)18-14-12(15(19)20)9(2)7-10(3)17-14/h4-7H,1-3H3,(H,17,18)(H,19,20). The Balaban J connectivity index is 2.56. The Bertz CT molecular complexity index is 664. The fraction of sp³-hybridized carbons (Fsp3) is 0.200. The normalized spacial score (nSPS) is 10.4. The molecule has 0 aliphatic heterocycles. The summed E-state index contributed by atoms with van der Waals surface area (Å²) in [5.74, 6) is -0.701. The maximum absolute atomic E-state index is 11.4. The molecule has 0 atom stereocenters. The lowest BCUT2D eigenvalue weighted by molar-refractivity contribution is 0.0697. The van der Waals surface area contributed by atoms with Gasteiger partial charge in [-0.25, -0.2) is 9.78 Å². The zero-order chi connectivity index (χ0) is 14.9. The molecule has 1 aromatic carbocycles. The van der Waals surface area contributed by atoms with E-state index >= 15 is 0 Å². The third-order valence-corrected chi connectivity index (χ3v) is 3.34. The average molecular weight is 291 g/mol. The number of benzene rings is 1. The van der Waals surface area contributed by atoms with Gasteiger partial charge in [-0.05, 0) is 44.0 Å². The predicted molar refractivity (Wildman–Crippen MR) is 80.1 cm³/mol. The Kier molecular flexibility index (Phi) is 3.95. The molecule has 0 unspecified atom stereocenters. The van der Waals surface area contributed by atoms with Crippen LogP contribution in [-0.4, -0.2) is 16.1 Å². The van der Waals surface area contributed by atoms with Gasteiger partial charge in [0, 0.05) is 5.69 Å². The summed E-state index contributed by atoms with van der Waals surface area (Å²) in [6, 6.07) is 7.24. The minimum atomic E-state index is -1.01. The van der Waals surface area contributed by atoms with Gasteiger partial charge >= 0.3 is 5.97 Å². The second-order valence-corrected chi connectivity index (χ2v) is 5.07. The summed E-state index contributed by atoms with van der Waals surface area (Å²) < 4.78 is 0. The number of carboxylic acids is 1. The summed E-state index contributed by atoms with van der Waals surface area (Å²) in [4.78, 5) is 15.7. The highest BCUT2D eigenvalue weighted by molar-refractivity contribution is 6.33. The molecule has 2 rings (SSSR count). The highest BCUT2D eigenvalue weighted by Gasteiger charge is 2.17. The van der Waals surface area contributed by atoms with Crippen molar-refractivity contribution in [3.05, 3.63) is 51.7 Å². The zero-order valence-corrected chi connectivity index (χ0v) is 12.2. The zero-order valence-electron chi connectivity index (χ0n) is 11.5. The van der Waals surface area contributed by atoms with Gasteiger partial charge in [-0.2, -0.15) is 0 Å². The number of aryl methyl sites for hydroxylation is 3. The molecular weight excluding hydrogens is 276 g/mol. The van der Waals surface area contributed by atoms with E-state index in [1.54, 1.807) is 19.1 Å². The average Bonchev–Trinajstić information content (AvgIpc) is 2.32. The molecule has 5 heteroatoms. The van der Waals surface area contributed by atoms with Crippen LogP contribution in [0.15, 0.2) is 24.3 Å². The summed E-state index contributed by atoms with van der Waals surface area (Å²) in [6.45, 7) is 5.48. The van der Waals surface area contributed by atoms with E-state index in [4.69, 9.17) is 11.6 Å². The lowest BCUT2D eigenvalue weighted by Crippen LogP contribution is -2.09. The maximum Gasteiger partial charge on any atom is 0.339 e. The van der Waals surface area contributed by atoms with Crippen molar-refractivity contribution >= 4 is 29.1 Å². The summed E-state index contributed by atoms with van der Waals surface area (Å²) in [5, 5.41) is 12.9. The first kappa shape index (κ1) is 14.3. The monoisotopic (exact) mass is 290 g/mol. The van der Waals surface area contributed by atoms with E-state index in [9.17, 15) is 9.90 Å². The van der Waals surface area contributed by atoms with Crippen LogP contribution in [0.5, 0.6) is 0 Å². The van der Waals surface area contributed by atoms with Crippen molar-refractivity contribution in [2.75, 3.05) is 5.32 Å². The summed E-state index contributed by atoms with van der Waals surface area (Å²) in [7, 11) is 0. The van der Waals surface area contributed by atoms with E-state index in [1.807, 2.05) is 26.0 Å². The second-order valence-electron chi connectivity index (χ2n) is 4.67. The lowest BCUT2D eigenvalue weighted by atomic mass is 10.1. The van der Waals surface area contributed by atoms with Crippen molar-refractivity contribution in [1.82, 2.24) is 4.98 Å². The van der Waals surface area contributed by atoms with Gasteiger partial charge in [0.1, 0.15) is 11.4 Å². The molecular formula is C15H15ClN2O2. The molecule has 20 heavy (non-hydrogen) atoms. The highest BCUT2D eigenvalue weighted by Crippen LogP contribution is 2.30. The van der Waals surface area contributed by atoms with Crippen molar-refractivity contribution in [3.8, 4) is 0 Å². The highest BCUT2D eigenvalue weighted by atomic mass is 35.5. The number of aromatic nitrogens is 1. The molecule has 0 radical (unpaired) electrons.